The summed E-state index contributed by atoms with van der Waals surface area (Å²) < 4.78 is 61.7. The minimum atomic E-state index is -5.65. The molecule has 1 aromatic rings. The average molecular weight is 684 g/mol. The van der Waals surface area contributed by atoms with Gasteiger partial charge >= 0.3 is 21.3 Å². The van der Waals surface area contributed by atoms with Crippen LogP contribution >= 0.6 is 67.8 Å². The van der Waals surface area contributed by atoms with E-state index in [1.54, 1.807) is 13.0 Å². The van der Waals surface area contributed by atoms with Crippen molar-refractivity contribution in [3.63, 3.8) is 0 Å². The lowest BCUT2D eigenvalue weighted by Crippen LogP contribution is -2.34. The zero-order valence-corrected chi connectivity index (χ0v) is 18.7. The van der Waals surface area contributed by atoms with Crippen molar-refractivity contribution in [3.05, 3.63) is 34.5 Å². The first-order valence-corrected chi connectivity index (χ1v) is 10.3. The number of alkyl halides is 2. The SMILES string of the molecule is C=C(C)c1cc(I)c(C(=O)OCC(F)(F)S(=O)(=O)O)c(I)c1I. The fourth-order valence-electron chi connectivity index (χ4n) is 1.39. The number of carbonyl (C=O) groups is 1. The first-order chi connectivity index (χ1) is 10.3. The van der Waals surface area contributed by atoms with E-state index in [4.69, 9.17) is 4.55 Å². The maximum Gasteiger partial charge on any atom is 0.402 e. The van der Waals surface area contributed by atoms with Gasteiger partial charge in [0, 0.05) is 10.7 Å². The van der Waals surface area contributed by atoms with Crippen LogP contribution in [0.15, 0.2) is 12.6 Å². The van der Waals surface area contributed by atoms with Crippen LogP contribution in [-0.4, -0.2) is 30.8 Å². The van der Waals surface area contributed by atoms with Crippen LogP contribution in [0, 0.1) is 10.7 Å². The van der Waals surface area contributed by atoms with Crippen LogP contribution < -0.4 is 0 Å². The van der Waals surface area contributed by atoms with Crippen molar-refractivity contribution in [1.82, 2.24) is 0 Å². The predicted octanol–water partition coefficient (Wildman–Crippen LogP) is 4.17. The molecular weight excluding hydrogens is 675 g/mol. The van der Waals surface area contributed by atoms with Crippen LogP contribution in [-0.2, 0) is 14.9 Å². The van der Waals surface area contributed by atoms with E-state index in [0.717, 1.165) is 11.1 Å². The Labute approximate surface area is 172 Å². The van der Waals surface area contributed by atoms with E-state index in [1.807, 2.05) is 67.8 Å². The molecular formula is C12H9F2I3O5S. The van der Waals surface area contributed by atoms with Gasteiger partial charge < -0.3 is 4.74 Å². The van der Waals surface area contributed by atoms with E-state index in [1.165, 1.54) is 0 Å². The zero-order chi connectivity index (χ0) is 18.2. The molecule has 11 heteroatoms. The molecule has 5 nitrogen and oxygen atoms in total. The molecule has 0 radical (unpaired) electrons. The highest BCUT2D eigenvalue weighted by Gasteiger charge is 2.45. The first-order valence-electron chi connectivity index (χ1n) is 5.65. The first kappa shape index (κ1) is 21.4. The van der Waals surface area contributed by atoms with Crippen LogP contribution in [0.3, 0.4) is 0 Å². The lowest BCUT2D eigenvalue weighted by atomic mass is 10.1. The van der Waals surface area contributed by atoms with Gasteiger partial charge in [0.15, 0.2) is 6.61 Å². The minimum Gasteiger partial charge on any atom is -0.454 e. The molecule has 0 atom stereocenters. The number of hydrogen-bond acceptors (Lipinski definition) is 4. The summed E-state index contributed by atoms with van der Waals surface area (Å²) in [7, 11) is -5.65. The third kappa shape index (κ3) is 4.94. The second-order valence-electron chi connectivity index (χ2n) is 4.38. The monoisotopic (exact) mass is 684 g/mol. The second kappa shape index (κ2) is 7.74. The molecule has 0 aliphatic rings. The Morgan fingerprint density at radius 1 is 1.35 bits per heavy atom. The topological polar surface area (TPSA) is 80.7 Å². The minimum absolute atomic E-state index is 0.0479. The summed E-state index contributed by atoms with van der Waals surface area (Å²) in [6, 6.07) is 1.66. The Morgan fingerprint density at radius 2 is 1.87 bits per heavy atom. The summed E-state index contributed by atoms with van der Waals surface area (Å²) in [6.07, 6.45) is 0. The molecule has 128 valence electrons. The van der Waals surface area contributed by atoms with E-state index >= 15 is 0 Å². The van der Waals surface area contributed by atoms with Crippen molar-refractivity contribution in [2.45, 2.75) is 12.2 Å². The molecule has 1 aromatic carbocycles. The third-order valence-corrected chi connectivity index (χ3v) is 7.53. The Morgan fingerprint density at radius 3 is 2.30 bits per heavy atom. The second-order valence-corrected chi connectivity index (χ2v) is 9.24. The van der Waals surface area contributed by atoms with Crippen molar-refractivity contribution < 1.29 is 31.3 Å². The van der Waals surface area contributed by atoms with Gasteiger partial charge in [-0.3, -0.25) is 4.55 Å². The molecule has 0 amide bonds. The van der Waals surface area contributed by atoms with Gasteiger partial charge in [-0.15, -0.1) is 0 Å². The molecule has 0 saturated carbocycles. The maximum absolute atomic E-state index is 13.1. The number of benzene rings is 1. The summed E-state index contributed by atoms with van der Waals surface area (Å²) >= 11 is 5.71. The van der Waals surface area contributed by atoms with E-state index in [2.05, 4.69) is 11.3 Å². The molecule has 0 aromatic heterocycles. The summed E-state index contributed by atoms with van der Waals surface area (Å²) in [5, 5.41) is -4.57. The molecule has 0 aliphatic carbocycles. The van der Waals surface area contributed by atoms with Crippen LogP contribution in [0.2, 0.25) is 0 Å². The zero-order valence-electron chi connectivity index (χ0n) is 11.4. The molecule has 1 N–H and O–H groups in total. The summed E-state index contributed by atoms with van der Waals surface area (Å²) in [4.78, 5) is 12.0. The van der Waals surface area contributed by atoms with Gasteiger partial charge in [0.05, 0.1) is 5.56 Å². The van der Waals surface area contributed by atoms with Gasteiger partial charge in [0.2, 0.25) is 0 Å². The van der Waals surface area contributed by atoms with Crippen LogP contribution in [0.1, 0.15) is 22.8 Å². The number of allylic oxidation sites excluding steroid dienone is 1. The summed E-state index contributed by atoms with van der Waals surface area (Å²) in [5.74, 6) is -1.10. The average Bonchev–Trinajstić information content (AvgIpc) is 2.39. The maximum atomic E-state index is 13.1. The smallest absolute Gasteiger partial charge is 0.402 e. The highest BCUT2D eigenvalue weighted by molar-refractivity contribution is 14.1. The van der Waals surface area contributed by atoms with E-state index in [-0.39, 0.29) is 5.56 Å². The fourth-order valence-corrected chi connectivity index (χ4v) is 4.60. The lowest BCUT2D eigenvalue weighted by Gasteiger charge is -2.16. The summed E-state index contributed by atoms with van der Waals surface area (Å²) in [6.45, 7) is 3.84. The molecule has 0 unspecified atom stereocenters. The van der Waals surface area contributed by atoms with Crippen molar-refractivity contribution >= 4 is 89.4 Å². The molecule has 0 fully saturated rings. The molecule has 1 rings (SSSR count). The number of esters is 1. The van der Waals surface area contributed by atoms with Gasteiger partial charge in [-0.2, -0.15) is 17.2 Å². The predicted molar refractivity (Wildman–Crippen MR) is 106 cm³/mol. The van der Waals surface area contributed by atoms with Crippen LogP contribution in [0.25, 0.3) is 5.57 Å². The van der Waals surface area contributed by atoms with Crippen molar-refractivity contribution in [2.24, 2.45) is 0 Å². The van der Waals surface area contributed by atoms with Crippen LogP contribution in [0.4, 0.5) is 8.78 Å². The normalized spacial score (nSPS) is 12.1. The number of rotatable bonds is 5. The molecule has 0 saturated heterocycles. The van der Waals surface area contributed by atoms with E-state index in [0.29, 0.717) is 10.7 Å². The quantitative estimate of drug-likeness (QED) is 0.218. The highest BCUT2D eigenvalue weighted by atomic mass is 127. The number of ether oxygens (including phenoxy) is 1. The van der Waals surface area contributed by atoms with Gasteiger partial charge in [0.1, 0.15) is 0 Å². The van der Waals surface area contributed by atoms with E-state index in [9.17, 15) is 22.0 Å². The molecule has 0 bridgehead atoms. The number of carbonyl (C=O) groups excluding carboxylic acids is 1. The Balaban J connectivity index is 3.16. The van der Waals surface area contributed by atoms with Crippen molar-refractivity contribution in [2.75, 3.05) is 6.61 Å². The van der Waals surface area contributed by atoms with E-state index < -0.39 is 27.9 Å². The van der Waals surface area contributed by atoms with Gasteiger partial charge in [-0.25, -0.2) is 4.79 Å². The van der Waals surface area contributed by atoms with Gasteiger partial charge in [0.25, 0.3) is 0 Å². The Kier molecular flexibility index (Phi) is 7.21. The fraction of sp³-hybridized carbons (Fsp3) is 0.250. The Bertz CT molecular complexity index is 777. The largest absolute Gasteiger partial charge is 0.454 e. The van der Waals surface area contributed by atoms with Crippen LogP contribution in [0.5, 0.6) is 0 Å². The molecule has 23 heavy (non-hydrogen) atoms. The lowest BCUT2D eigenvalue weighted by molar-refractivity contribution is -0.00965. The number of halogens is 5. The number of hydrogen-bond donors (Lipinski definition) is 1. The van der Waals surface area contributed by atoms with Gasteiger partial charge in [-0.1, -0.05) is 6.58 Å². The van der Waals surface area contributed by atoms with Gasteiger partial charge in [-0.05, 0) is 91.9 Å². The standard InChI is InChI=1S/C12H9F2I3O5S/c1-5(2)6-3-7(15)8(10(17)9(6)16)11(18)22-4-12(13,14)23(19,20)21/h3H,1,4H2,2H3,(H,19,20,21). The summed E-state index contributed by atoms with van der Waals surface area (Å²) in [5.41, 5.74) is 1.62. The third-order valence-electron chi connectivity index (χ3n) is 2.57. The molecule has 0 spiro atoms. The van der Waals surface area contributed by atoms with Crippen molar-refractivity contribution in [3.8, 4) is 0 Å². The Hall–Kier alpha value is 0.390. The molecule has 0 heterocycles. The highest BCUT2D eigenvalue weighted by Crippen LogP contribution is 2.32. The van der Waals surface area contributed by atoms with Crippen molar-refractivity contribution in [1.29, 1.82) is 0 Å². The molecule has 0 aliphatic heterocycles.